The van der Waals surface area contributed by atoms with Gasteiger partial charge in [0.15, 0.2) is 5.96 Å². The lowest BCUT2D eigenvalue weighted by atomic mass is 10.0. The fourth-order valence-electron chi connectivity index (χ4n) is 1.74. The molecule has 0 heterocycles. The number of aliphatic imine (C=N–C) groups is 1. The molecule has 0 atom stereocenters. The lowest BCUT2D eigenvalue weighted by molar-refractivity contribution is -0.115. The van der Waals surface area contributed by atoms with Gasteiger partial charge in [0.2, 0.25) is 0 Å². The fraction of sp³-hybridized carbons (Fsp3) is 0.375. The molecule has 4 nitrogen and oxygen atoms in total. The van der Waals surface area contributed by atoms with E-state index < -0.39 is 0 Å². The lowest BCUT2D eigenvalue weighted by Crippen LogP contribution is -2.36. The summed E-state index contributed by atoms with van der Waals surface area (Å²) in [6.45, 7) is 8.72. The molecule has 1 rings (SSSR count). The number of amides is 1. The largest absolute Gasteiger partial charge is 0.370 e. The standard InChI is InChI=1S/C16H23N3O/c1-11(2)10-18-16(17)19-15(20)9-8-14-12(3)6-5-7-13(14)4/h5-9,11H,10H2,1-4H3,(H3,17,18,19,20). The highest BCUT2D eigenvalue weighted by atomic mass is 16.1. The van der Waals surface area contributed by atoms with E-state index in [4.69, 9.17) is 5.73 Å². The molecule has 0 aliphatic heterocycles. The molecular formula is C16H23N3O. The average molecular weight is 273 g/mol. The zero-order valence-electron chi connectivity index (χ0n) is 12.6. The summed E-state index contributed by atoms with van der Waals surface area (Å²) in [6, 6.07) is 6.03. The first-order valence-corrected chi connectivity index (χ1v) is 6.75. The zero-order valence-corrected chi connectivity index (χ0v) is 12.6. The monoisotopic (exact) mass is 273 g/mol. The van der Waals surface area contributed by atoms with E-state index in [1.165, 1.54) is 6.08 Å². The van der Waals surface area contributed by atoms with Crippen LogP contribution in [0.25, 0.3) is 6.08 Å². The van der Waals surface area contributed by atoms with Crippen molar-refractivity contribution in [3.8, 4) is 0 Å². The van der Waals surface area contributed by atoms with Gasteiger partial charge in [-0.15, -0.1) is 0 Å². The number of rotatable bonds is 4. The van der Waals surface area contributed by atoms with Gasteiger partial charge >= 0.3 is 0 Å². The third-order valence-electron chi connectivity index (χ3n) is 2.82. The van der Waals surface area contributed by atoms with Gasteiger partial charge in [0.25, 0.3) is 5.91 Å². The predicted molar refractivity (Wildman–Crippen MR) is 84.4 cm³/mol. The number of hydrogen-bond donors (Lipinski definition) is 2. The SMILES string of the molecule is Cc1cccc(C)c1C=CC(=O)NC(N)=NCC(C)C. The van der Waals surface area contributed by atoms with Crippen LogP contribution < -0.4 is 11.1 Å². The maximum absolute atomic E-state index is 11.7. The molecule has 0 aromatic heterocycles. The van der Waals surface area contributed by atoms with Crippen molar-refractivity contribution in [3.63, 3.8) is 0 Å². The van der Waals surface area contributed by atoms with Gasteiger partial charge in [-0.2, -0.15) is 0 Å². The van der Waals surface area contributed by atoms with Crippen LogP contribution in [0.3, 0.4) is 0 Å². The van der Waals surface area contributed by atoms with E-state index in [2.05, 4.69) is 10.3 Å². The second-order valence-corrected chi connectivity index (χ2v) is 5.25. The Morgan fingerprint density at radius 3 is 2.50 bits per heavy atom. The molecule has 0 fully saturated rings. The second kappa shape index (κ2) is 7.48. The molecule has 4 heteroatoms. The van der Waals surface area contributed by atoms with Gasteiger partial charge in [-0.05, 0) is 42.5 Å². The van der Waals surface area contributed by atoms with Crippen molar-refractivity contribution < 1.29 is 4.79 Å². The lowest BCUT2D eigenvalue weighted by Gasteiger charge is -2.05. The van der Waals surface area contributed by atoms with Crippen LogP contribution in [0.15, 0.2) is 29.3 Å². The summed E-state index contributed by atoms with van der Waals surface area (Å²) in [7, 11) is 0. The van der Waals surface area contributed by atoms with Gasteiger partial charge in [-0.3, -0.25) is 15.1 Å². The van der Waals surface area contributed by atoms with E-state index in [0.717, 1.165) is 16.7 Å². The Kier molecular flexibility index (Phi) is 5.97. The van der Waals surface area contributed by atoms with Crippen LogP contribution in [0.2, 0.25) is 0 Å². The van der Waals surface area contributed by atoms with Gasteiger partial charge in [0, 0.05) is 12.6 Å². The first-order valence-electron chi connectivity index (χ1n) is 6.75. The number of benzene rings is 1. The summed E-state index contributed by atoms with van der Waals surface area (Å²) in [5, 5.41) is 2.55. The van der Waals surface area contributed by atoms with Crippen LogP contribution in [-0.4, -0.2) is 18.4 Å². The summed E-state index contributed by atoms with van der Waals surface area (Å²) in [5.74, 6) is 0.308. The van der Waals surface area contributed by atoms with Crippen molar-refractivity contribution in [2.24, 2.45) is 16.6 Å². The van der Waals surface area contributed by atoms with E-state index in [-0.39, 0.29) is 11.9 Å². The molecule has 0 saturated carbocycles. The third-order valence-corrected chi connectivity index (χ3v) is 2.82. The minimum Gasteiger partial charge on any atom is -0.370 e. The Labute approximate surface area is 120 Å². The average Bonchev–Trinajstić information content (AvgIpc) is 2.35. The van der Waals surface area contributed by atoms with Crippen LogP contribution >= 0.6 is 0 Å². The maximum Gasteiger partial charge on any atom is 0.250 e. The minimum atomic E-state index is -0.266. The normalized spacial score (nSPS) is 12.2. The Balaban J connectivity index is 2.67. The number of nitrogens with two attached hydrogens (primary N) is 1. The molecule has 1 aromatic carbocycles. The van der Waals surface area contributed by atoms with Crippen molar-refractivity contribution in [2.75, 3.05) is 6.54 Å². The van der Waals surface area contributed by atoms with Crippen LogP contribution in [0, 0.1) is 19.8 Å². The summed E-state index contributed by atoms with van der Waals surface area (Å²) in [5.41, 5.74) is 8.96. The molecular weight excluding hydrogens is 250 g/mol. The molecule has 1 aromatic rings. The Morgan fingerprint density at radius 2 is 1.95 bits per heavy atom. The van der Waals surface area contributed by atoms with Gasteiger partial charge in [-0.25, -0.2) is 0 Å². The quantitative estimate of drug-likeness (QED) is 0.502. The summed E-state index contributed by atoms with van der Waals surface area (Å²) in [6.07, 6.45) is 3.28. The number of carbonyl (C=O) groups excluding carboxylic acids is 1. The minimum absolute atomic E-state index is 0.162. The van der Waals surface area contributed by atoms with Gasteiger partial charge in [0.05, 0.1) is 0 Å². The van der Waals surface area contributed by atoms with E-state index in [1.807, 2.05) is 45.9 Å². The van der Waals surface area contributed by atoms with E-state index in [0.29, 0.717) is 12.5 Å². The molecule has 1 amide bonds. The van der Waals surface area contributed by atoms with Crippen LogP contribution in [0.5, 0.6) is 0 Å². The zero-order chi connectivity index (χ0) is 15.1. The Hall–Kier alpha value is -2.10. The number of hydrogen-bond acceptors (Lipinski definition) is 2. The molecule has 0 bridgehead atoms. The molecule has 108 valence electrons. The number of guanidine groups is 1. The van der Waals surface area contributed by atoms with Crippen LogP contribution in [-0.2, 0) is 4.79 Å². The van der Waals surface area contributed by atoms with E-state index >= 15 is 0 Å². The van der Waals surface area contributed by atoms with Gasteiger partial charge in [-0.1, -0.05) is 32.0 Å². The smallest absolute Gasteiger partial charge is 0.250 e. The number of aryl methyl sites for hydroxylation is 2. The number of nitrogens with zero attached hydrogens (tertiary/aromatic N) is 1. The summed E-state index contributed by atoms with van der Waals surface area (Å²) < 4.78 is 0. The van der Waals surface area contributed by atoms with Crippen molar-refractivity contribution in [3.05, 3.63) is 41.0 Å². The number of carbonyl (C=O) groups is 1. The van der Waals surface area contributed by atoms with E-state index in [1.54, 1.807) is 6.08 Å². The van der Waals surface area contributed by atoms with Gasteiger partial charge < -0.3 is 5.73 Å². The van der Waals surface area contributed by atoms with Crippen molar-refractivity contribution in [1.82, 2.24) is 5.32 Å². The predicted octanol–water partition coefficient (Wildman–Crippen LogP) is 2.40. The highest BCUT2D eigenvalue weighted by Crippen LogP contribution is 2.14. The molecule has 20 heavy (non-hydrogen) atoms. The van der Waals surface area contributed by atoms with Gasteiger partial charge in [0.1, 0.15) is 0 Å². The van der Waals surface area contributed by atoms with Crippen LogP contribution in [0.1, 0.15) is 30.5 Å². The van der Waals surface area contributed by atoms with Crippen molar-refractivity contribution >= 4 is 17.9 Å². The molecule has 0 radical (unpaired) electrons. The topological polar surface area (TPSA) is 67.5 Å². The summed E-state index contributed by atoms with van der Waals surface area (Å²) >= 11 is 0. The number of nitrogens with one attached hydrogen (secondary N) is 1. The molecule has 0 aliphatic carbocycles. The molecule has 0 spiro atoms. The van der Waals surface area contributed by atoms with E-state index in [9.17, 15) is 4.79 Å². The van der Waals surface area contributed by atoms with Crippen molar-refractivity contribution in [2.45, 2.75) is 27.7 Å². The third kappa shape index (κ3) is 5.26. The molecule has 0 unspecified atom stereocenters. The highest BCUT2D eigenvalue weighted by molar-refractivity contribution is 6.03. The van der Waals surface area contributed by atoms with Crippen molar-refractivity contribution in [1.29, 1.82) is 0 Å². The second-order valence-electron chi connectivity index (χ2n) is 5.25. The first-order chi connectivity index (χ1) is 9.40. The Bertz CT molecular complexity index is 510. The molecule has 0 saturated heterocycles. The first kappa shape index (κ1) is 16.0. The Morgan fingerprint density at radius 1 is 1.35 bits per heavy atom. The highest BCUT2D eigenvalue weighted by Gasteiger charge is 2.01. The fourth-order valence-corrected chi connectivity index (χ4v) is 1.74. The maximum atomic E-state index is 11.7. The van der Waals surface area contributed by atoms with Crippen LogP contribution in [0.4, 0.5) is 0 Å². The molecule has 0 aliphatic rings. The summed E-state index contributed by atoms with van der Waals surface area (Å²) in [4.78, 5) is 15.8. The molecule has 3 N–H and O–H groups in total.